The van der Waals surface area contributed by atoms with E-state index in [0.717, 1.165) is 18.4 Å². The maximum atomic E-state index is 5.84. The largest absolute Gasteiger partial charge is 0.379 e. The second-order valence-electron chi connectivity index (χ2n) is 8.22. The van der Waals surface area contributed by atoms with E-state index in [0.29, 0.717) is 11.5 Å². The predicted octanol–water partition coefficient (Wildman–Crippen LogP) is 4.00. The second kappa shape index (κ2) is 5.73. The molecular formula is C17H33NO. The van der Waals surface area contributed by atoms with E-state index < -0.39 is 0 Å². The lowest BCUT2D eigenvalue weighted by atomic mass is 9.70. The fourth-order valence-electron chi connectivity index (χ4n) is 4.11. The molecule has 0 amide bonds. The minimum Gasteiger partial charge on any atom is -0.379 e. The first-order chi connectivity index (χ1) is 8.81. The lowest BCUT2D eigenvalue weighted by molar-refractivity contribution is 0.0299. The van der Waals surface area contributed by atoms with Crippen LogP contribution in [0.3, 0.4) is 0 Å². The van der Waals surface area contributed by atoms with Crippen molar-refractivity contribution in [1.82, 2.24) is 5.32 Å². The molecule has 2 aliphatic carbocycles. The Labute approximate surface area is 119 Å². The van der Waals surface area contributed by atoms with Crippen LogP contribution in [0, 0.1) is 17.3 Å². The maximum Gasteiger partial charge on any atom is 0.0518 e. The summed E-state index contributed by atoms with van der Waals surface area (Å²) in [5.74, 6) is 1.95. The average Bonchev–Trinajstić information content (AvgIpc) is 2.85. The summed E-state index contributed by atoms with van der Waals surface area (Å²) in [7, 11) is 0. The van der Waals surface area contributed by atoms with Gasteiger partial charge in [-0.3, -0.25) is 0 Å². The van der Waals surface area contributed by atoms with Crippen molar-refractivity contribution in [1.29, 1.82) is 0 Å². The van der Waals surface area contributed by atoms with Gasteiger partial charge in [0.05, 0.1) is 6.10 Å². The number of rotatable bonds is 6. The Hall–Kier alpha value is -0.0800. The van der Waals surface area contributed by atoms with Gasteiger partial charge < -0.3 is 10.1 Å². The zero-order chi connectivity index (χ0) is 14.1. The molecule has 0 spiro atoms. The molecule has 0 radical (unpaired) electrons. The second-order valence-corrected chi connectivity index (χ2v) is 8.22. The first-order valence-electron chi connectivity index (χ1n) is 8.17. The van der Waals surface area contributed by atoms with Crippen molar-refractivity contribution < 1.29 is 4.74 Å². The molecule has 19 heavy (non-hydrogen) atoms. The Kier molecular flexibility index (Phi) is 4.62. The van der Waals surface area contributed by atoms with Gasteiger partial charge in [0.2, 0.25) is 0 Å². The van der Waals surface area contributed by atoms with Gasteiger partial charge in [-0.15, -0.1) is 0 Å². The Morgan fingerprint density at radius 2 is 2.00 bits per heavy atom. The van der Waals surface area contributed by atoms with Gasteiger partial charge in [-0.2, -0.15) is 0 Å². The van der Waals surface area contributed by atoms with E-state index in [1.165, 1.54) is 38.6 Å². The van der Waals surface area contributed by atoms with E-state index >= 15 is 0 Å². The Balaban J connectivity index is 1.94. The summed E-state index contributed by atoms with van der Waals surface area (Å²) < 4.78 is 5.84. The van der Waals surface area contributed by atoms with Crippen LogP contribution < -0.4 is 5.32 Å². The third-order valence-corrected chi connectivity index (χ3v) is 5.12. The van der Waals surface area contributed by atoms with Crippen molar-refractivity contribution in [2.24, 2.45) is 17.3 Å². The maximum absolute atomic E-state index is 5.84. The van der Waals surface area contributed by atoms with Crippen LogP contribution in [0.2, 0.25) is 0 Å². The first kappa shape index (κ1) is 15.3. The van der Waals surface area contributed by atoms with Gasteiger partial charge >= 0.3 is 0 Å². The van der Waals surface area contributed by atoms with Crippen LogP contribution in [0.1, 0.15) is 66.7 Å². The Morgan fingerprint density at radius 3 is 2.47 bits per heavy atom. The van der Waals surface area contributed by atoms with Crippen LogP contribution >= 0.6 is 0 Å². The van der Waals surface area contributed by atoms with Gasteiger partial charge in [0.1, 0.15) is 0 Å². The molecule has 112 valence electrons. The molecule has 2 nitrogen and oxygen atoms in total. The molecule has 0 aromatic carbocycles. The standard InChI is InChI=1S/C17H33NO/c1-13(2)19-9-8-17(12-18-16(3,4)5)11-14-6-7-15(17)10-14/h13-15,18H,6-12H2,1-5H3. The normalized spacial score (nSPS) is 34.4. The highest BCUT2D eigenvalue weighted by Crippen LogP contribution is 2.57. The number of ether oxygens (including phenoxy) is 1. The molecular weight excluding hydrogens is 234 g/mol. The van der Waals surface area contributed by atoms with Crippen LogP contribution in [-0.4, -0.2) is 24.8 Å². The minimum absolute atomic E-state index is 0.230. The summed E-state index contributed by atoms with van der Waals surface area (Å²) in [6.45, 7) is 13.2. The molecule has 1 N–H and O–H groups in total. The molecule has 2 bridgehead atoms. The molecule has 0 heterocycles. The van der Waals surface area contributed by atoms with Crippen LogP contribution in [0.15, 0.2) is 0 Å². The van der Waals surface area contributed by atoms with Gasteiger partial charge in [0.25, 0.3) is 0 Å². The zero-order valence-corrected chi connectivity index (χ0v) is 13.6. The van der Waals surface area contributed by atoms with Crippen molar-refractivity contribution in [3.8, 4) is 0 Å². The minimum atomic E-state index is 0.230. The van der Waals surface area contributed by atoms with E-state index in [2.05, 4.69) is 39.9 Å². The molecule has 2 rings (SSSR count). The number of nitrogens with one attached hydrogen (secondary N) is 1. The van der Waals surface area contributed by atoms with Crippen LogP contribution in [0.4, 0.5) is 0 Å². The van der Waals surface area contributed by atoms with Crippen LogP contribution in [0.5, 0.6) is 0 Å². The highest BCUT2D eigenvalue weighted by Gasteiger charge is 2.50. The Morgan fingerprint density at radius 1 is 1.26 bits per heavy atom. The summed E-state index contributed by atoms with van der Waals surface area (Å²) in [6, 6.07) is 0. The summed E-state index contributed by atoms with van der Waals surface area (Å²) in [5.41, 5.74) is 0.749. The zero-order valence-electron chi connectivity index (χ0n) is 13.6. The van der Waals surface area contributed by atoms with Gasteiger partial charge in [0.15, 0.2) is 0 Å². The topological polar surface area (TPSA) is 21.3 Å². The molecule has 0 aromatic rings. The fourth-order valence-corrected chi connectivity index (χ4v) is 4.11. The van der Waals surface area contributed by atoms with Gasteiger partial charge in [-0.25, -0.2) is 0 Å². The van der Waals surface area contributed by atoms with E-state index in [9.17, 15) is 0 Å². The third kappa shape index (κ3) is 3.95. The van der Waals surface area contributed by atoms with E-state index in [-0.39, 0.29) is 5.54 Å². The summed E-state index contributed by atoms with van der Waals surface area (Å²) in [5, 5.41) is 3.77. The van der Waals surface area contributed by atoms with Crippen molar-refractivity contribution in [2.45, 2.75) is 78.4 Å². The molecule has 3 atom stereocenters. The predicted molar refractivity (Wildman–Crippen MR) is 81.3 cm³/mol. The fraction of sp³-hybridized carbons (Fsp3) is 1.00. The van der Waals surface area contributed by atoms with Crippen LogP contribution in [0.25, 0.3) is 0 Å². The van der Waals surface area contributed by atoms with E-state index in [1.807, 2.05) is 0 Å². The lowest BCUT2D eigenvalue weighted by Gasteiger charge is -2.40. The SMILES string of the molecule is CC(C)OCCC1(CNC(C)(C)C)CC2CCC1C2. The van der Waals surface area contributed by atoms with Crippen molar-refractivity contribution in [2.75, 3.05) is 13.2 Å². The van der Waals surface area contributed by atoms with Gasteiger partial charge in [-0.05, 0) is 77.6 Å². The monoisotopic (exact) mass is 267 g/mol. The molecule has 2 fully saturated rings. The summed E-state index contributed by atoms with van der Waals surface area (Å²) in [6.07, 6.45) is 7.46. The van der Waals surface area contributed by atoms with Gasteiger partial charge in [0, 0.05) is 18.7 Å². The van der Waals surface area contributed by atoms with Crippen LogP contribution in [-0.2, 0) is 4.74 Å². The first-order valence-corrected chi connectivity index (χ1v) is 8.17. The highest BCUT2D eigenvalue weighted by molar-refractivity contribution is 5.02. The molecule has 2 heteroatoms. The quantitative estimate of drug-likeness (QED) is 0.785. The smallest absolute Gasteiger partial charge is 0.0518 e. The summed E-state index contributed by atoms with van der Waals surface area (Å²) in [4.78, 5) is 0. The summed E-state index contributed by atoms with van der Waals surface area (Å²) >= 11 is 0. The van der Waals surface area contributed by atoms with E-state index in [1.54, 1.807) is 0 Å². The molecule has 2 saturated carbocycles. The van der Waals surface area contributed by atoms with Crippen molar-refractivity contribution >= 4 is 0 Å². The van der Waals surface area contributed by atoms with E-state index in [4.69, 9.17) is 4.74 Å². The average molecular weight is 267 g/mol. The van der Waals surface area contributed by atoms with Crippen molar-refractivity contribution in [3.63, 3.8) is 0 Å². The molecule has 0 aliphatic heterocycles. The number of fused-ring (bicyclic) bond motifs is 2. The number of hydrogen-bond donors (Lipinski definition) is 1. The Bertz CT molecular complexity index is 294. The molecule has 3 unspecified atom stereocenters. The molecule has 0 aromatic heterocycles. The van der Waals surface area contributed by atoms with Gasteiger partial charge in [-0.1, -0.05) is 6.42 Å². The third-order valence-electron chi connectivity index (χ3n) is 5.12. The highest BCUT2D eigenvalue weighted by atomic mass is 16.5. The van der Waals surface area contributed by atoms with Crippen molar-refractivity contribution in [3.05, 3.63) is 0 Å². The molecule has 0 saturated heterocycles. The lowest BCUT2D eigenvalue weighted by Crippen LogP contribution is -2.46. The molecule has 2 aliphatic rings. The number of hydrogen-bond acceptors (Lipinski definition) is 2.